The van der Waals surface area contributed by atoms with Crippen molar-refractivity contribution >= 4 is 17.6 Å². The topological polar surface area (TPSA) is 103 Å². The van der Waals surface area contributed by atoms with E-state index in [1.165, 1.54) is 0 Å². The number of hydrogen-bond donors (Lipinski definition) is 2. The maximum absolute atomic E-state index is 12.1. The molecular weight excluding hydrogens is 320 g/mol. The highest BCUT2D eigenvalue weighted by atomic mass is 16.5. The Morgan fingerprint density at radius 2 is 1.60 bits per heavy atom. The third-order valence-electron chi connectivity index (χ3n) is 3.20. The molecule has 7 nitrogen and oxygen atoms in total. The molecule has 0 aliphatic heterocycles. The van der Waals surface area contributed by atoms with Crippen molar-refractivity contribution in [2.24, 2.45) is 16.5 Å². The Labute approximate surface area is 146 Å². The van der Waals surface area contributed by atoms with E-state index in [1.54, 1.807) is 48.5 Å². The molecule has 132 valence electrons. The van der Waals surface area contributed by atoms with Gasteiger partial charge in [0.2, 0.25) is 0 Å². The summed E-state index contributed by atoms with van der Waals surface area (Å²) in [7, 11) is 3.96. The molecule has 0 spiro atoms. The van der Waals surface area contributed by atoms with Crippen LogP contribution in [-0.2, 0) is 0 Å². The van der Waals surface area contributed by atoms with Gasteiger partial charge in [0, 0.05) is 6.54 Å². The Morgan fingerprint density at radius 3 is 2.16 bits per heavy atom. The third kappa shape index (κ3) is 6.15. The summed E-state index contributed by atoms with van der Waals surface area (Å²) in [5, 5.41) is 0. The monoisotopic (exact) mass is 342 g/mol. The molecule has 0 saturated heterocycles. The molecule has 0 saturated carbocycles. The minimum atomic E-state index is -0.461. The molecule has 0 bridgehead atoms. The molecule has 2 rings (SSSR count). The van der Waals surface area contributed by atoms with Gasteiger partial charge in [-0.3, -0.25) is 0 Å². The van der Waals surface area contributed by atoms with Crippen LogP contribution in [0.4, 0.5) is 5.69 Å². The molecule has 0 aromatic heterocycles. The second-order valence-corrected chi connectivity index (χ2v) is 5.60. The summed E-state index contributed by atoms with van der Waals surface area (Å²) in [6.45, 7) is 1.42. The molecule has 2 aromatic carbocycles. The number of likely N-dealkylation sites (N-methyl/N-ethyl adjacent to an activating group) is 1. The van der Waals surface area contributed by atoms with E-state index in [-0.39, 0.29) is 5.96 Å². The van der Waals surface area contributed by atoms with Gasteiger partial charge < -0.3 is 25.8 Å². The maximum Gasteiger partial charge on any atom is 0.343 e. The molecule has 0 atom stereocenters. The van der Waals surface area contributed by atoms with Gasteiger partial charge in [0.05, 0.1) is 11.3 Å². The lowest BCUT2D eigenvalue weighted by Gasteiger charge is -2.11. The largest absolute Gasteiger partial charge is 0.492 e. The lowest BCUT2D eigenvalue weighted by Crippen LogP contribution is -2.21. The molecule has 0 aliphatic carbocycles. The first-order chi connectivity index (χ1) is 11.9. The highest BCUT2D eigenvalue weighted by Crippen LogP contribution is 2.19. The van der Waals surface area contributed by atoms with Crippen molar-refractivity contribution in [1.82, 2.24) is 4.90 Å². The van der Waals surface area contributed by atoms with Crippen molar-refractivity contribution in [2.45, 2.75) is 0 Å². The molecule has 7 heteroatoms. The fourth-order valence-electron chi connectivity index (χ4n) is 1.94. The number of esters is 1. The number of carbonyl (C=O) groups is 1. The van der Waals surface area contributed by atoms with Gasteiger partial charge >= 0.3 is 5.97 Å². The lowest BCUT2D eigenvalue weighted by atomic mass is 10.2. The third-order valence-corrected chi connectivity index (χ3v) is 3.20. The minimum Gasteiger partial charge on any atom is -0.492 e. The maximum atomic E-state index is 12.1. The molecule has 25 heavy (non-hydrogen) atoms. The highest BCUT2D eigenvalue weighted by Gasteiger charge is 2.08. The quantitative estimate of drug-likeness (QED) is 0.344. The van der Waals surface area contributed by atoms with E-state index in [1.807, 2.05) is 19.0 Å². The van der Waals surface area contributed by atoms with E-state index < -0.39 is 5.97 Å². The molecule has 0 heterocycles. The van der Waals surface area contributed by atoms with E-state index >= 15 is 0 Å². The number of nitrogens with two attached hydrogens (primary N) is 2. The number of carbonyl (C=O) groups excluding carboxylic acids is 1. The van der Waals surface area contributed by atoms with E-state index in [4.69, 9.17) is 20.9 Å². The Balaban J connectivity index is 1.92. The summed E-state index contributed by atoms with van der Waals surface area (Å²) in [6, 6.07) is 13.4. The summed E-state index contributed by atoms with van der Waals surface area (Å²) >= 11 is 0. The summed E-state index contributed by atoms with van der Waals surface area (Å²) in [4.78, 5) is 18.1. The van der Waals surface area contributed by atoms with E-state index in [0.717, 1.165) is 12.3 Å². The predicted molar refractivity (Wildman–Crippen MR) is 97.4 cm³/mol. The molecule has 2 aromatic rings. The van der Waals surface area contributed by atoms with Gasteiger partial charge in [-0.1, -0.05) is 0 Å². The summed E-state index contributed by atoms with van der Waals surface area (Å²) in [6.07, 6.45) is 0. The van der Waals surface area contributed by atoms with Crippen molar-refractivity contribution in [3.8, 4) is 11.5 Å². The molecular formula is C18H22N4O3. The van der Waals surface area contributed by atoms with E-state index in [2.05, 4.69) is 4.99 Å². The van der Waals surface area contributed by atoms with Gasteiger partial charge in [-0.05, 0) is 62.6 Å². The number of rotatable bonds is 7. The van der Waals surface area contributed by atoms with Crippen molar-refractivity contribution < 1.29 is 14.3 Å². The number of hydrogen-bond acceptors (Lipinski definition) is 5. The van der Waals surface area contributed by atoms with Crippen LogP contribution >= 0.6 is 0 Å². The number of benzene rings is 2. The molecule has 0 amide bonds. The average molecular weight is 342 g/mol. The van der Waals surface area contributed by atoms with Crippen molar-refractivity contribution in [3.05, 3.63) is 54.1 Å². The van der Waals surface area contributed by atoms with Crippen molar-refractivity contribution in [1.29, 1.82) is 0 Å². The van der Waals surface area contributed by atoms with Crippen LogP contribution in [0.25, 0.3) is 0 Å². The smallest absolute Gasteiger partial charge is 0.343 e. The van der Waals surface area contributed by atoms with Gasteiger partial charge in [-0.25, -0.2) is 9.79 Å². The molecule has 0 aliphatic rings. The molecule has 0 radical (unpaired) electrons. The minimum absolute atomic E-state index is 0.0387. The van der Waals surface area contributed by atoms with Crippen molar-refractivity contribution in [3.63, 3.8) is 0 Å². The van der Waals surface area contributed by atoms with Crippen LogP contribution in [0.5, 0.6) is 11.5 Å². The zero-order valence-electron chi connectivity index (χ0n) is 14.3. The Bertz CT molecular complexity index is 721. The summed E-state index contributed by atoms with van der Waals surface area (Å²) in [5.74, 6) is 0.669. The summed E-state index contributed by atoms with van der Waals surface area (Å²) in [5.41, 5.74) is 11.6. The molecule has 0 fully saturated rings. The molecule has 4 N–H and O–H groups in total. The normalized spacial score (nSPS) is 10.4. The number of nitrogens with zero attached hydrogens (tertiary/aromatic N) is 2. The first-order valence-corrected chi connectivity index (χ1v) is 7.73. The first-order valence-electron chi connectivity index (χ1n) is 7.73. The van der Waals surface area contributed by atoms with Crippen LogP contribution in [0.2, 0.25) is 0 Å². The first kappa shape index (κ1) is 18.3. The Morgan fingerprint density at radius 1 is 1.00 bits per heavy atom. The Hall–Kier alpha value is -3.06. The predicted octanol–water partition coefficient (Wildman–Crippen LogP) is 1.75. The van der Waals surface area contributed by atoms with Crippen molar-refractivity contribution in [2.75, 3.05) is 27.2 Å². The highest BCUT2D eigenvalue weighted by molar-refractivity contribution is 5.91. The Kier molecular flexibility index (Phi) is 6.36. The van der Waals surface area contributed by atoms with Gasteiger partial charge in [0.25, 0.3) is 0 Å². The van der Waals surface area contributed by atoms with Crippen LogP contribution in [-0.4, -0.2) is 44.1 Å². The second-order valence-electron chi connectivity index (χ2n) is 5.60. The van der Waals surface area contributed by atoms with Gasteiger partial charge in [0.1, 0.15) is 18.1 Å². The number of guanidine groups is 1. The fourth-order valence-corrected chi connectivity index (χ4v) is 1.94. The average Bonchev–Trinajstić information content (AvgIpc) is 2.56. The summed E-state index contributed by atoms with van der Waals surface area (Å²) < 4.78 is 10.9. The number of ether oxygens (including phenoxy) is 2. The van der Waals surface area contributed by atoms with Gasteiger partial charge in [0.15, 0.2) is 5.96 Å². The standard InChI is InChI=1S/C18H22N4O3/c1-22(2)11-12-24-15-7-9-16(10-8-15)25-17(23)13-3-5-14(6-4-13)21-18(19)20/h3-10H,11-12H2,1-2H3,(H4,19,20,21). The van der Waals surface area contributed by atoms with Crippen LogP contribution in [0.15, 0.2) is 53.5 Å². The van der Waals surface area contributed by atoms with E-state index in [9.17, 15) is 4.79 Å². The fraction of sp³-hybridized carbons (Fsp3) is 0.222. The zero-order chi connectivity index (χ0) is 18.2. The van der Waals surface area contributed by atoms with E-state index in [0.29, 0.717) is 23.6 Å². The lowest BCUT2D eigenvalue weighted by molar-refractivity contribution is 0.0734. The van der Waals surface area contributed by atoms with Crippen LogP contribution in [0.1, 0.15) is 10.4 Å². The number of aliphatic imine (C=N–C) groups is 1. The second kappa shape index (κ2) is 8.70. The van der Waals surface area contributed by atoms with Gasteiger partial charge in [-0.2, -0.15) is 0 Å². The van der Waals surface area contributed by atoms with Gasteiger partial charge in [-0.15, -0.1) is 0 Å². The van der Waals surface area contributed by atoms with Crippen LogP contribution in [0, 0.1) is 0 Å². The molecule has 0 unspecified atom stereocenters. The van der Waals surface area contributed by atoms with Crippen LogP contribution < -0.4 is 20.9 Å². The zero-order valence-corrected chi connectivity index (χ0v) is 14.3. The van der Waals surface area contributed by atoms with Crippen LogP contribution in [0.3, 0.4) is 0 Å². The SMILES string of the molecule is CN(C)CCOc1ccc(OC(=O)c2ccc(N=C(N)N)cc2)cc1.